The summed E-state index contributed by atoms with van der Waals surface area (Å²) in [6, 6.07) is 9.96. The van der Waals surface area contributed by atoms with Gasteiger partial charge in [-0.15, -0.1) is 0 Å². The van der Waals surface area contributed by atoms with Gasteiger partial charge in [0.05, 0.1) is 0 Å². The van der Waals surface area contributed by atoms with E-state index < -0.39 is 0 Å². The number of ether oxygens (including phenoxy) is 1. The summed E-state index contributed by atoms with van der Waals surface area (Å²) in [4.78, 5) is 0. The van der Waals surface area contributed by atoms with Crippen LogP contribution >= 0.6 is 0 Å². The van der Waals surface area contributed by atoms with E-state index in [2.05, 4.69) is 39.1 Å². The van der Waals surface area contributed by atoms with E-state index in [1.165, 1.54) is 0 Å². The van der Waals surface area contributed by atoms with Gasteiger partial charge in [0.1, 0.15) is 11.5 Å². The van der Waals surface area contributed by atoms with Crippen molar-refractivity contribution >= 4 is 0 Å². The lowest BCUT2D eigenvalue weighted by Gasteiger charge is -2.40. The molecule has 0 aliphatic carbocycles. The molecular weight excluding hydrogens is 210 g/mol. The Morgan fingerprint density at radius 3 is 2.29 bits per heavy atom. The Morgan fingerprint density at radius 2 is 1.71 bits per heavy atom. The zero-order chi connectivity index (χ0) is 12.5. The van der Waals surface area contributed by atoms with E-state index in [0.29, 0.717) is 0 Å². The van der Waals surface area contributed by atoms with Gasteiger partial charge in [-0.3, -0.25) is 0 Å². The molecule has 1 heterocycles. The summed E-state index contributed by atoms with van der Waals surface area (Å²) < 4.78 is 5.95. The van der Waals surface area contributed by atoms with Crippen molar-refractivity contribution in [2.45, 2.75) is 45.2 Å². The van der Waals surface area contributed by atoms with Crippen LogP contribution in [0.3, 0.4) is 0 Å². The second-order valence-corrected chi connectivity index (χ2v) is 5.93. The third-order valence-corrected chi connectivity index (χ3v) is 2.79. The predicted octanol–water partition coefficient (Wildman–Crippen LogP) is 3.50. The average Bonchev–Trinajstić information content (AvgIpc) is 2.13. The van der Waals surface area contributed by atoms with Crippen LogP contribution in [0.15, 0.2) is 42.2 Å². The first-order chi connectivity index (χ1) is 7.86. The molecule has 0 saturated carbocycles. The summed E-state index contributed by atoms with van der Waals surface area (Å²) >= 11 is 0. The van der Waals surface area contributed by atoms with E-state index in [4.69, 9.17) is 4.74 Å². The molecule has 2 heteroatoms. The van der Waals surface area contributed by atoms with E-state index in [-0.39, 0.29) is 11.1 Å². The molecule has 0 saturated heterocycles. The summed E-state index contributed by atoms with van der Waals surface area (Å²) in [6.45, 7) is 8.75. The third-order valence-electron chi connectivity index (χ3n) is 2.79. The van der Waals surface area contributed by atoms with Crippen LogP contribution in [0.2, 0.25) is 0 Å². The maximum atomic E-state index is 5.95. The minimum atomic E-state index is -0.0220. The van der Waals surface area contributed by atoms with Gasteiger partial charge in [-0.1, -0.05) is 18.2 Å². The maximum absolute atomic E-state index is 5.95. The molecule has 0 bridgehead atoms. The van der Waals surface area contributed by atoms with Crippen molar-refractivity contribution in [3.63, 3.8) is 0 Å². The fraction of sp³-hybridized carbons (Fsp3) is 0.467. The van der Waals surface area contributed by atoms with Crippen LogP contribution in [0.25, 0.3) is 0 Å². The summed E-state index contributed by atoms with van der Waals surface area (Å²) in [5.74, 6) is 1.96. The number of rotatable bonds is 2. The molecule has 1 aromatic rings. The van der Waals surface area contributed by atoms with Gasteiger partial charge in [0.2, 0.25) is 0 Å². The van der Waals surface area contributed by atoms with Crippen LogP contribution < -0.4 is 10.1 Å². The van der Waals surface area contributed by atoms with Crippen molar-refractivity contribution in [3.8, 4) is 5.75 Å². The van der Waals surface area contributed by atoms with Gasteiger partial charge in [-0.05, 0) is 45.9 Å². The van der Waals surface area contributed by atoms with E-state index in [0.717, 1.165) is 17.9 Å². The summed E-state index contributed by atoms with van der Waals surface area (Å²) in [7, 11) is 0. The van der Waals surface area contributed by atoms with E-state index in [1.807, 2.05) is 30.3 Å². The SMILES string of the molecule is CC1(C)C=C(Oc2ccccc2)CC(C)(C)N1. The Kier molecular flexibility index (Phi) is 3.00. The lowest BCUT2D eigenvalue weighted by Crippen LogP contribution is -2.54. The molecule has 1 aromatic carbocycles. The highest BCUT2D eigenvalue weighted by molar-refractivity contribution is 5.26. The lowest BCUT2D eigenvalue weighted by atomic mass is 9.87. The number of hydrogen-bond donors (Lipinski definition) is 1. The summed E-state index contributed by atoms with van der Waals surface area (Å²) in [6.07, 6.45) is 3.08. The standard InChI is InChI=1S/C15H21NO/c1-14(2)10-13(11-15(3,4)16-14)17-12-8-6-5-7-9-12/h5-10,16H,11H2,1-4H3. The quantitative estimate of drug-likeness (QED) is 0.841. The zero-order valence-corrected chi connectivity index (χ0v) is 11.1. The Bertz CT molecular complexity index is 418. The van der Waals surface area contributed by atoms with Gasteiger partial charge in [0.25, 0.3) is 0 Å². The number of nitrogens with one attached hydrogen (secondary N) is 1. The molecule has 1 N–H and O–H groups in total. The Balaban J connectivity index is 2.19. The average molecular weight is 231 g/mol. The molecule has 0 unspecified atom stereocenters. The van der Waals surface area contributed by atoms with Crippen LogP contribution in [0.4, 0.5) is 0 Å². The zero-order valence-electron chi connectivity index (χ0n) is 11.1. The molecule has 0 spiro atoms. The smallest absolute Gasteiger partial charge is 0.126 e. The summed E-state index contributed by atoms with van der Waals surface area (Å²) in [5, 5.41) is 3.59. The molecule has 1 aliphatic rings. The second-order valence-electron chi connectivity index (χ2n) is 5.93. The molecule has 0 amide bonds. The number of hydrogen-bond acceptors (Lipinski definition) is 2. The van der Waals surface area contributed by atoms with Gasteiger partial charge >= 0.3 is 0 Å². The van der Waals surface area contributed by atoms with Gasteiger partial charge in [0, 0.05) is 17.5 Å². The molecule has 2 rings (SSSR count). The van der Waals surface area contributed by atoms with Crippen LogP contribution in [-0.2, 0) is 0 Å². The summed E-state index contributed by atoms with van der Waals surface area (Å²) in [5.41, 5.74) is 0.0498. The number of para-hydroxylation sites is 1. The predicted molar refractivity (Wildman–Crippen MR) is 71.1 cm³/mol. The minimum Gasteiger partial charge on any atom is -0.462 e. The molecule has 0 aromatic heterocycles. The Hall–Kier alpha value is -1.28. The van der Waals surface area contributed by atoms with Crippen molar-refractivity contribution < 1.29 is 4.74 Å². The molecule has 2 nitrogen and oxygen atoms in total. The Morgan fingerprint density at radius 1 is 1.06 bits per heavy atom. The molecule has 0 fully saturated rings. The molecule has 92 valence electrons. The highest BCUT2D eigenvalue weighted by Gasteiger charge is 2.33. The molecule has 1 aliphatic heterocycles. The fourth-order valence-corrected chi connectivity index (χ4v) is 2.55. The van der Waals surface area contributed by atoms with E-state index in [1.54, 1.807) is 0 Å². The normalized spacial score (nSPS) is 21.8. The van der Waals surface area contributed by atoms with Crippen LogP contribution in [0, 0.1) is 0 Å². The van der Waals surface area contributed by atoms with E-state index >= 15 is 0 Å². The monoisotopic (exact) mass is 231 g/mol. The van der Waals surface area contributed by atoms with Gasteiger partial charge < -0.3 is 10.1 Å². The van der Waals surface area contributed by atoms with Crippen molar-refractivity contribution in [2.24, 2.45) is 0 Å². The van der Waals surface area contributed by atoms with Gasteiger partial charge in [-0.2, -0.15) is 0 Å². The fourth-order valence-electron chi connectivity index (χ4n) is 2.55. The molecule has 0 radical (unpaired) electrons. The first kappa shape index (κ1) is 12.2. The molecular formula is C15H21NO. The van der Waals surface area contributed by atoms with E-state index in [9.17, 15) is 0 Å². The number of benzene rings is 1. The van der Waals surface area contributed by atoms with Crippen molar-refractivity contribution in [1.82, 2.24) is 5.32 Å². The van der Waals surface area contributed by atoms with Gasteiger partial charge in [-0.25, -0.2) is 0 Å². The largest absolute Gasteiger partial charge is 0.462 e. The highest BCUT2D eigenvalue weighted by atomic mass is 16.5. The highest BCUT2D eigenvalue weighted by Crippen LogP contribution is 2.29. The van der Waals surface area contributed by atoms with Crippen LogP contribution in [0.1, 0.15) is 34.1 Å². The lowest BCUT2D eigenvalue weighted by molar-refractivity contribution is 0.236. The molecule has 17 heavy (non-hydrogen) atoms. The second kappa shape index (κ2) is 4.19. The van der Waals surface area contributed by atoms with Crippen molar-refractivity contribution in [3.05, 3.63) is 42.2 Å². The topological polar surface area (TPSA) is 21.3 Å². The van der Waals surface area contributed by atoms with Crippen molar-refractivity contribution in [1.29, 1.82) is 0 Å². The minimum absolute atomic E-state index is 0.0220. The maximum Gasteiger partial charge on any atom is 0.126 e. The first-order valence-corrected chi connectivity index (χ1v) is 6.10. The Labute approximate surface area is 104 Å². The third kappa shape index (κ3) is 3.34. The van der Waals surface area contributed by atoms with Gasteiger partial charge in [0.15, 0.2) is 0 Å². The first-order valence-electron chi connectivity index (χ1n) is 6.10. The van der Waals surface area contributed by atoms with Crippen LogP contribution in [-0.4, -0.2) is 11.1 Å². The molecule has 0 atom stereocenters. The van der Waals surface area contributed by atoms with Crippen LogP contribution in [0.5, 0.6) is 5.75 Å². The van der Waals surface area contributed by atoms with Crippen molar-refractivity contribution in [2.75, 3.05) is 0 Å².